The number of carbonyl (C=O) groups excluding carboxylic acids is 1. The molecule has 2 aromatic carbocycles. The number of nitrogens with zero attached hydrogens (tertiary/aromatic N) is 1. The molecule has 3 heteroatoms. The third-order valence-electron chi connectivity index (χ3n) is 4.93. The van der Waals surface area contributed by atoms with Crippen molar-refractivity contribution in [1.29, 1.82) is 0 Å². The van der Waals surface area contributed by atoms with Gasteiger partial charge in [0.25, 0.3) is 0 Å². The molecule has 3 nitrogen and oxygen atoms in total. The molecule has 0 aromatic heterocycles. The first-order valence-corrected chi connectivity index (χ1v) is 7.41. The molecule has 0 saturated carbocycles. The molecule has 1 N–H and O–H groups in total. The van der Waals surface area contributed by atoms with Crippen LogP contribution >= 0.6 is 0 Å². The summed E-state index contributed by atoms with van der Waals surface area (Å²) in [5.41, 5.74) is 2.95. The number of fused-ring (bicyclic) bond motifs is 2. The van der Waals surface area contributed by atoms with Gasteiger partial charge in [0.15, 0.2) is 0 Å². The van der Waals surface area contributed by atoms with E-state index in [0.717, 1.165) is 24.2 Å². The van der Waals surface area contributed by atoms with Gasteiger partial charge in [-0.05, 0) is 30.2 Å². The average Bonchev–Trinajstić information content (AvgIpc) is 3.07. The molecule has 21 heavy (non-hydrogen) atoms. The second-order valence-electron chi connectivity index (χ2n) is 5.90. The van der Waals surface area contributed by atoms with Crippen molar-refractivity contribution >= 4 is 11.6 Å². The van der Waals surface area contributed by atoms with Crippen molar-refractivity contribution in [1.82, 2.24) is 5.32 Å². The third-order valence-corrected chi connectivity index (χ3v) is 4.93. The fourth-order valence-electron chi connectivity index (χ4n) is 3.97. The van der Waals surface area contributed by atoms with Crippen molar-refractivity contribution in [3.05, 3.63) is 65.7 Å². The van der Waals surface area contributed by atoms with Crippen molar-refractivity contribution in [3.8, 4) is 0 Å². The van der Waals surface area contributed by atoms with Crippen molar-refractivity contribution in [2.45, 2.75) is 17.9 Å². The van der Waals surface area contributed by atoms with E-state index in [2.05, 4.69) is 23.5 Å². The predicted octanol–water partition coefficient (Wildman–Crippen LogP) is 2.64. The Morgan fingerprint density at radius 3 is 2.62 bits per heavy atom. The highest BCUT2D eigenvalue weighted by atomic mass is 16.2. The molecule has 1 fully saturated rings. The summed E-state index contributed by atoms with van der Waals surface area (Å²) >= 11 is 0. The predicted molar refractivity (Wildman–Crippen MR) is 83.3 cm³/mol. The summed E-state index contributed by atoms with van der Waals surface area (Å²) in [4.78, 5) is 14.9. The molecule has 2 aliphatic heterocycles. The minimum absolute atomic E-state index is 0.0531. The van der Waals surface area contributed by atoms with Crippen molar-refractivity contribution in [2.75, 3.05) is 18.5 Å². The molecule has 0 aliphatic carbocycles. The zero-order valence-corrected chi connectivity index (χ0v) is 12.0. The third kappa shape index (κ3) is 1.55. The lowest BCUT2D eigenvalue weighted by Gasteiger charge is -2.30. The molecule has 4 rings (SSSR count). The van der Waals surface area contributed by atoms with E-state index in [-0.39, 0.29) is 11.9 Å². The van der Waals surface area contributed by atoms with E-state index in [1.807, 2.05) is 48.3 Å². The number of benzene rings is 2. The highest BCUT2D eigenvalue weighted by Gasteiger charge is 2.57. The monoisotopic (exact) mass is 278 g/mol. The number of hydrogen-bond donors (Lipinski definition) is 1. The summed E-state index contributed by atoms with van der Waals surface area (Å²) in [6.07, 6.45) is 0.854. The van der Waals surface area contributed by atoms with Crippen LogP contribution in [0.5, 0.6) is 0 Å². The van der Waals surface area contributed by atoms with Crippen LogP contribution in [0.15, 0.2) is 54.6 Å². The Bertz CT molecular complexity index is 697. The summed E-state index contributed by atoms with van der Waals surface area (Å²) in [5, 5.41) is 3.55. The van der Waals surface area contributed by atoms with Gasteiger partial charge >= 0.3 is 0 Å². The standard InChI is InChI=1S/C18H18N2O/c1-20-15-10-6-5-9-14(15)18(17(20)21)11-12-19-16(18)13-7-3-2-4-8-13/h2-10,16,19H,11-12H2,1H3/t16-,18-/m0/s1. The topological polar surface area (TPSA) is 32.3 Å². The maximum absolute atomic E-state index is 13.1. The number of hydrogen-bond acceptors (Lipinski definition) is 2. The van der Waals surface area contributed by atoms with Gasteiger partial charge in [0.1, 0.15) is 0 Å². The number of likely N-dealkylation sites (N-methyl/N-ethyl adjacent to an activating group) is 1. The molecule has 2 aliphatic rings. The molecule has 2 aromatic rings. The molecule has 1 saturated heterocycles. The fraction of sp³-hybridized carbons (Fsp3) is 0.278. The summed E-state index contributed by atoms with van der Waals surface area (Å²) in [5.74, 6) is 0.211. The molecule has 1 amide bonds. The van der Waals surface area contributed by atoms with Gasteiger partial charge in [-0.1, -0.05) is 48.5 Å². The van der Waals surface area contributed by atoms with Gasteiger partial charge < -0.3 is 10.2 Å². The Balaban J connectivity index is 1.92. The number of amides is 1. The Morgan fingerprint density at radius 1 is 1.10 bits per heavy atom. The zero-order valence-electron chi connectivity index (χ0n) is 12.0. The molecular formula is C18H18N2O. The minimum Gasteiger partial charge on any atom is -0.314 e. The van der Waals surface area contributed by atoms with Gasteiger partial charge in [-0.25, -0.2) is 0 Å². The lowest BCUT2D eigenvalue weighted by molar-refractivity contribution is -0.123. The largest absolute Gasteiger partial charge is 0.314 e. The van der Waals surface area contributed by atoms with Crippen LogP contribution in [0.4, 0.5) is 5.69 Å². The van der Waals surface area contributed by atoms with Gasteiger partial charge in [-0.2, -0.15) is 0 Å². The SMILES string of the molecule is CN1C(=O)[C@@]2(CCN[C@H]2c2ccccc2)c2ccccc21. The van der Waals surface area contributed by atoms with Crippen LogP contribution in [0.2, 0.25) is 0 Å². The Labute approximate surface area is 124 Å². The molecular weight excluding hydrogens is 260 g/mol. The van der Waals surface area contributed by atoms with Crippen molar-refractivity contribution in [3.63, 3.8) is 0 Å². The van der Waals surface area contributed by atoms with Gasteiger partial charge in [-0.3, -0.25) is 4.79 Å². The molecule has 1 spiro atoms. The van der Waals surface area contributed by atoms with Crippen LogP contribution in [0.1, 0.15) is 23.6 Å². The molecule has 2 heterocycles. The van der Waals surface area contributed by atoms with Crippen molar-refractivity contribution in [2.24, 2.45) is 0 Å². The van der Waals surface area contributed by atoms with Crippen LogP contribution in [-0.2, 0) is 10.2 Å². The normalized spacial score (nSPS) is 27.4. The first-order chi connectivity index (χ1) is 10.2. The van der Waals surface area contributed by atoms with E-state index in [0.29, 0.717) is 0 Å². The van der Waals surface area contributed by atoms with E-state index in [4.69, 9.17) is 0 Å². The minimum atomic E-state index is -0.452. The van der Waals surface area contributed by atoms with Crippen LogP contribution < -0.4 is 10.2 Å². The highest BCUT2D eigenvalue weighted by Crippen LogP contribution is 2.52. The highest BCUT2D eigenvalue weighted by molar-refractivity contribution is 6.08. The van der Waals surface area contributed by atoms with Crippen LogP contribution in [0.25, 0.3) is 0 Å². The summed E-state index contributed by atoms with van der Waals surface area (Å²) < 4.78 is 0. The second-order valence-corrected chi connectivity index (χ2v) is 5.90. The van der Waals surface area contributed by atoms with E-state index in [1.165, 1.54) is 5.56 Å². The summed E-state index contributed by atoms with van der Waals surface area (Å²) in [7, 11) is 1.89. The number of nitrogens with one attached hydrogen (secondary N) is 1. The molecule has 106 valence electrons. The number of carbonyl (C=O) groups is 1. The van der Waals surface area contributed by atoms with E-state index in [1.54, 1.807) is 0 Å². The van der Waals surface area contributed by atoms with Crippen LogP contribution in [0, 0.1) is 0 Å². The molecule has 0 radical (unpaired) electrons. The molecule has 0 bridgehead atoms. The average molecular weight is 278 g/mol. The summed E-state index contributed by atoms with van der Waals surface area (Å²) in [6.45, 7) is 0.869. The second kappa shape index (κ2) is 4.43. The first-order valence-electron chi connectivity index (χ1n) is 7.41. The lowest BCUT2D eigenvalue weighted by Crippen LogP contribution is -2.42. The van der Waals surface area contributed by atoms with E-state index < -0.39 is 5.41 Å². The number of anilines is 1. The van der Waals surface area contributed by atoms with E-state index in [9.17, 15) is 4.79 Å². The van der Waals surface area contributed by atoms with Gasteiger partial charge in [0.05, 0.1) is 11.5 Å². The summed E-state index contributed by atoms with van der Waals surface area (Å²) in [6, 6.07) is 18.6. The smallest absolute Gasteiger partial charge is 0.239 e. The van der Waals surface area contributed by atoms with Gasteiger partial charge in [-0.15, -0.1) is 0 Å². The Morgan fingerprint density at radius 2 is 1.81 bits per heavy atom. The number of rotatable bonds is 1. The van der Waals surface area contributed by atoms with E-state index >= 15 is 0 Å². The van der Waals surface area contributed by atoms with Gasteiger partial charge in [0, 0.05) is 12.7 Å². The first kappa shape index (κ1) is 12.6. The maximum atomic E-state index is 13.1. The van der Waals surface area contributed by atoms with Crippen LogP contribution in [0.3, 0.4) is 0 Å². The molecule has 0 unspecified atom stereocenters. The fourth-order valence-corrected chi connectivity index (χ4v) is 3.97. The van der Waals surface area contributed by atoms with Crippen molar-refractivity contribution < 1.29 is 4.79 Å². The maximum Gasteiger partial charge on any atom is 0.239 e. The van der Waals surface area contributed by atoms with Gasteiger partial charge in [0.2, 0.25) is 5.91 Å². The Kier molecular flexibility index (Phi) is 2.66. The molecule has 2 atom stereocenters. The Hall–Kier alpha value is -2.13. The quantitative estimate of drug-likeness (QED) is 0.869. The number of para-hydroxylation sites is 1. The zero-order chi connectivity index (χ0) is 14.4. The lowest BCUT2D eigenvalue weighted by atomic mass is 9.73. The van der Waals surface area contributed by atoms with Crippen LogP contribution in [-0.4, -0.2) is 19.5 Å².